The molecule has 186 valence electrons. The molecule has 2 aliphatic rings. The number of carbonyl (C=O) groups is 2. The van der Waals surface area contributed by atoms with Crippen molar-refractivity contribution in [3.05, 3.63) is 24.0 Å². The van der Waals surface area contributed by atoms with Crippen LogP contribution in [0.1, 0.15) is 85.5 Å². The fraction of sp³-hybridized carbons (Fsp3) is 0.731. The average Bonchev–Trinajstić information content (AvgIpc) is 3.37. The zero-order valence-electron chi connectivity index (χ0n) is 21.1. The molecule has 0 aromatic carbocycles. The minimum absolute atomic E-state index is 0.0232. The van der Waals surface area contributed by atoms with E-state index in [1.165, 1.54) is 18.9 Å². The summed E-state index contributed by atoms with van der Waals surface area (Å²) < 4.78 is 11.1. The summed E-state index contributed by atoms with van der Waals surface area (Å²) in [5.74, 6) is 0.623. The topological polar surface area (TPSA) is 91.7 Å². The molecule has 0 radical (unpaired) electrons. The molecule has 7 nitrogen and oxygen atoms in total. The molecule has 1 fully saturated rings. The first-order valence-electron chi connectivity index (χ1n) is 12.4. The number of hydrogen-bond donors (Lipinski definition) is 2. The van der Waals surface area contributed by atoms with Gasteiger partial charge < -0.3 is 19.7 Å². The van der Waals surface area contributed by atoms with Gasteiger partial charge in [-0.3, -0.25) is 15.0 Å². The van der Waals surface area contributed by atoms with Crippen LogP contribution in [0.2, 0.25) is 0 Å². The van der Waals surface area contributed by atoms with Crippen LogP contribution in [0.3, 0.4) is 0 Å². The number of amidine groups is 1. The molecule has 2 rings (SSSR count). The standard InChI is InChI=1S/C26H43N3O4/c1-19(2)33-21-17-24(30)29(18-21)22(16-20-12-9-10-13-20)25(31)28-23(27)14-8-6-7-11-15-26(3,4)32-5/h8,14,17,19-20,22H,6-7,9-13,15-16,18H2,1-5H3,(H2,27,28,31)/b14-8-/t22-/m0/s1. The number of allylic oxidation sites excluding steroid dienone is 1. The molecule has 0 spiro atoms. The SMILES string of the molecule is COC(C)(C)CCCC/C=C\C(=N)NC(=O)[C@H](CC1CCCC1)N1CC(OC(C)C)=CC1=O. The van der Waals surface area contributed by atoms with E-state index in [1.807, 2.05) is 19.9 Å². The Morgan fingerprint density at radius 2 is 2.00 bits per heavy atom. The second-order valence-electron chi connectivity index (χ2n) is 10.2. The molecule has 1 aliphatic heterocycles. The van der Waals surface area contributed by atoms with E-state index in [9.17, 15) is 9.59 Å². The molecule has 0 aromatic rings. The van der Waals surface area contributed by atoms with Gasteiger partial charge in [0.2, 0.25) is 5.91 Å². The van der Waals surface area contributed by atoms with Crippen LogP contribution in [0.5, 0.6) is 0 Å². The number of nitrogens with zero attached hydrogens (tertiary/aromatic N) is 1. The minimum Gasteiger partial charge on any atom is -0.493 e. The molecule has 1 aliphatic carbocycles. The van der Waals surface area contributed by atoms with Crippen molar-refractivity contribution < 1.29 is 19.1 Å². The number of carbonyl (C=O) groups excluding carboxylic acids is 2. The van der Waals surface area contributed by atoms with Crippen molar-refractivity contribution in [2.24, 2.45) is 5.92 Å². The van der Waals surface area contributed by atoms with Gasteiger partial charge in [0.25, 0.3) is 5.91 Å². The van der Waals surface area contributed by atoms with Gasteiger partial charge in [0.1, 0.15) is 17.6 Å². The number of nitrogens with one attached hydrogen (secondary N) is 2. The summed E-state index contributed by atoms with van der Waals surface area (Å²) in [5.41, 5.74) is -0.110. The molecular formula is C26H43N3O4. The van der Waals surface area contributed by atoms with Gasteiger partial charge in [-0.2, -0.15) is 0 Å². The maximum absolute atomic E-state index is 13.1. The normalized spacial score (nSPS) is 18.3. The van der Waals surface area contributed by atoms with Gasteiger partial charge in [-0.15, -0.1) is 0 Å². The molecule has 2 N–H and O–H groups in total. The quantitative estimate of drug-likeness (QED) is 0.236. The second kappa shape index (κ2) is 12.9. The van der Waals surface area contributed by atoms with Crippen molar-refractivity contribution in [3.63, 3.8) is 0 Å². The van der Waals surface area contributed by atoms with Crippen molar-refractivity contribution in [2.75, 3.05) is 13.7 Å². The van der Waals surface area contributed by atoms with E-state index in [-0.39, 0.29) is 29.4 Å². The lowest BCUT2D eigenvalue weighted by molar-refractivity contribution is -0.135. The van der Waals surface area contributed by atoms with Crippen molar-refractivity contribution in [1.29, 1.82) is 5.41 Å². The number of hydrogen-bond acceptors (Lipinski definition) is 5. The van der Waals surface area contributed by atoms with Gasteiger partial charge in [-0.05, 0) is 65.4 Å². The Balaban J connectivity index is 1.89. The lowest BCUT2D eigenvalue weighted by Crippen LogP contribution is -2.50. The minimum atomic E-state index is -0.588. The summed E-state index contributed by atoms with van der Waals surface area (Å²) in [6.07, 6.45) is 14.1. The Labute approximate surface area is 199 Å². The van der Waals surface area contributed by atoms with Gasteiger partial charge in [0.15, 0.2) is 0 Å². The third-order valence-corrected chi connectivity index (χ3v) is 6.49. The summed E-state index contributed by atoms with van der Waals surface area (Å²) in [5, 5.41) is 10.9. The molecule has 0 saturated heterocycles. The molecule has 1 heterocycles. The number of rotatable bonds is 13. The maximum Gasteiger partial charge on any atom is 0.251 e. The predicted molar refractivity (Wildman–Crippen MR) is 131 cm³/mol. The maximum atomic E-state index is 13.1. The van der Waals surface area contributed by atoms with E-state index in [2.05, 4.69) is 19.2 Å². The zero-order valence-corrected chi connectivity index (χ0v) is 21.1. The molecule has 33 heavy (non-hydrogen) atoms. The monoisotopic (exact) mass is 461 g/mol. The largest absolute Gasteiger partial charge is 0.493 e. The average molecular weight is 462 g/mol. The summed E-state index contributed by atoms with van der Waals surface area (Å²) in [4.78, 5) is 27.4. The molecule has 0 bridgehead atoms. The van der Waals surface area contributed by atoms with Crippen LogP contribution in [0.15, 0.2) is 24.0 Å². The zero-order chi connectivity index (χ0) is 24.4. The Bertz CT molecular complexity index is 736. The van der Waals surface area contributed by atoms with E-state index < -0.39 is 6.04 Å². The number of unbranched alkanes of at least 4 members (excludes halogenated alkanes) is 2. The Hall–Kier alpha value is -2.15. The van der Waals surface area contributed by atoms with Crippen LogP contribution >= 0.6 is 0 Å². The molecule has 0 aromatic heterocycles. The summed E-state index contributed by atoms with van der Waals surface area (Å²) in [6.45, 7) is 8.30. The molecule has 0 unspecified atom stereocenters. The van der Waals surface area contributed by atoms with Crippen molar-refractivity contribution >= 4 is 17.6 Å². The van der Waals surface area contributed by atoms with Crippen LogP contribution in [0, 0.1) is 11.3 Å². The van der Waals surface area contributed by atoms with E-state index in [4.69, 9.17) is 14.9 Å². The van der Waals surface area contributed by atoms with Gasteiger partial charge in [0, 0.05) is 13.2 Å². The predicted octanol–water partition coefficient (Wildman–Crippen LogP) is 4.72. The third-order valence-electron chi connectivity index (χ3n) is 6.49. The number of ether oxygens (including phenoxy) is 2. The summed E-state index contributed by atoms with van der Waals surface area (Å²) in [7, 11) is 1.73. The fourth-order valence-corrected chi connectivity index (χ4v) is 4.46. The van der Waals surface area contributed by atoms with Crippen LogP contribution in [-0.2, 0) is 19.1 Å². The molecule has 2 amide bonds. The first-order valence-corrected chi connectivity index (χ1v) is 12.4. The summed E-state index contributed by atoms with van der Waals surface area (Å²) >= 11 is 0. The van der Waals surface area contributed by atoms with E-state index in [0.717, 1.165) is 38.5 Å². The van der Waals surface area contributed by atoms with Gasteiger partial charge >= 0.3 is 0 Å². The van der Waals surface area contributed by atoms with E-state index in [0.29, 0.717) is 24.6 Å². The molecular weight excluding hydrogens is 418 g/mol. The lowest BCUT2D eigenvalue weighted by atomic mass is 9.96. The van der Waals surface area contributed by atoms with Gasteiger partial charge in [-0.1, -0.05) is 38.2 Å². The molecule has 1 saturated carbocycles. The van der Waals surface area contributed by atoms with Crippen molar-refractivity contribution in [3.8, 4) is 0 Å². The first kappa shape index (κ1) is 27.1. The highest BCUT2D eigenvalue weighted by atomic mass is 16.5. The van der Waals surface area contributed by atoms with Crippen LogP contribution in [0.4, 0.5) is 0 Å². The Morgan fingerprint density at radius 1 is 1.30 bits per heavy atom. The summed E-state index contributed by atoms with van der Waals surface area (Å²) in [6, 6.07) is -0.588. The van der Waals surface area contributed by atoms with E-state index in [1.54, 1.807) is 18.1 Å². The third kappa shape index (κ3) is 9.32. The highest BCUT2D eigenvalue weighted by Crippen LogP contribution is 2.31. The van der Waals surface area contributed by atoms with Crippen LogP contribution in [0.25, 0.3) is 0 Å². The van der Waals surface area contributed by atoms with Crippen molar-refractivity contribution in [1.82, 2.24) is 10.2 Å². The highest BCUT2D eigenvalue weighted by molar-refractivity contribution is 6.05. The van der Waals surface area contributed by atoms with E-state index >= 15 is 0 Å². The van der Waals surface area contributed by atoms with Crippen LogP contribution < -0.4 is 5.32 Å². The fourth-order valence-electron chi connectivity index (χ4n) is 4.46. The second-order valence-corrected chi connectivity index (χ2v) is 10.2. The number of methoxy groups -OCH3 is 1. The Kier molecular flexibility index (Phi) is 10.6. The van der Waals surface area contributed by atoms with Gasteiger partial charge in [-0.25, -0.2) is 0 Å². The first-order chi connectivity index (χ1) is 15.6. The number of amides is 2. The van der Waals surface area contributed by atoms with Crippen molar-refractivity contribution in [2.45, 2.75) is 103 Å². The van der Waals surface area contributed by atoms with Crippen LogP contribution in [-0.4, -0.2) is 54.0 Å². The smallest absolute Gasteiger partial charge is 0.251 e. The Morgan fingerprint density at radius 3 is 2.64 bits per heavy atom. The molecule has 7 heteroatoms. The lowest BCUT2D eigenvalue weighted by Gasteiger charge is -2.29. The van der Waals surface area contributed by atoms with Gasteiger partial charge in [0.05, 0.1) is 18.2 Å². The highest BCUT2D eigenvalue weighted by Gasteiger charge is 2.36. The molecule has 1 atom stereocenters.